The monoisotopic (exact) mass is 206 g/mol. The van der Waals surface area contributed by atoms with Gasteiger partial charge in [-0.15, -0.1) is 0 Å². The molecule has 0 radical (unpaired) electrons. The van der Waals surface area contributed by atoms with Crippen molar-refractivity contribution in [3.63, 3.8) is 0 Å². The van der Waals surface area contributed by atoms with Gasteiger partial charge in [-0.2, -0.15) is 0 Å². The Morgan fingerprint density at radius 1 is 1.40 bits per heavy atom. The van der Waals surface area contributed by atoms with Gasteiger partial charge in [0, 0.05) is 6.42 Å². The molecule has 15 heavy (non-hydrogen) atoms. The molecule has 0 saturated heterocycles. The minimum atomic E-state index is 0.363. The molecule has 1 atom stereocenters. The highest BCUT2D eigenvalue weighted by atomic mass is 16.5. The first kappa shape index (κ1) is 12.1. The number of hydrogen-bond acceptors (Lipinski definition) is 1. The highest BCUT2D eigenvalue weighted by Gasteiger charge is 2.20. The third-order valence-electron chi connectivity index (χ3n) is 2.64. The van der Waals surface area contributed by atoms with Gasteiger partial charge in [0.15, 0.2) is 0 Å². The van der Waals surface area contributed by atoms with Crippen LogP contribution < -0.4 is 0 Å². The molecule has 0 N–H and O–H groups in total. The maximum atomic E-state index is 5.73. The summed E-state index contributed by atoms with van der Waals surface area (Å²) in [7, 11) is 0. The van der Waals surface area contributed by atoms with Crippen molar-refractivity contribution < 1.29 is 4.74 Å². The van der Waals surface area contributed by atoms with Crippen LogP contribution in [-0.2, 0) is 4.74 Å². The molecule has 0 spiro atoms. The Balaban J connectivity index is 0.000000531. The lowest BCUT2D eigenvalue weighted by molar-refractivity contribution is 0.169. The maximum absolute atomic E-state index is 5.73. The lowest BCUT2D eigenvalue weighted by Gasteiger charge is -2.06. The van der Waals surface area contributed by atoms with E-state index in [1.807, 2.05) is 13.8 Å². The van der Waals surface area contributed by atoms with E-state index in [1.54, 1.807) is 0 Å². The summed E-state index contributed by atoms with van der Waals surface area (Å²) in [6, 6.07) is 0. The van der Waals surface area contributed by atoms with Crippen molar-refractivity contribution in [2.75, 3.05) is 0 Å². The standard InChI is InChI=1S/C12H16O.C2H6/c1-3-10-5-4-6-11-7-9(2)13-12(11)8-10;1-2/h4,6,8-9H,3,5,7H2,1-2H3;1-2H3. The Labute approximate surface area is 93.5 Å². The molecule has 0 aromatic rings. The summed E-state index contributed by atoms with van der Waals surface area (Å²) in [6.07, 6.45) is 10.3. The Morgan fingerprint density at radius 3 is 2.80 bits per heavy atom. The highest BCUT2D eigenvalue weighted by molar-refractivity contribution is 5.38. The van der Waals surface area contributed by atoms with Gasteiger partial charge >= 0.3 is 0 Å². The third-order valence-corrected chi connectivity index (χ3v) is 2.64. The number of ether oxygens (including phenoxy) is 1. The molecule has 1 heteroatoms. The summed E-state index contributed by atoms with van der Waals surface area (Å²) < 4.78 is 5.73. The zero-order valence-corrected chi connectivity index (χ0v) is 10.3. The van der Waals surface area contributed by atoms with Crippen LogP contribution in [0.25, 0.3) is 0 Å². The lowest BCUT2D eigenvalue weighted by atomic mass is 10.1. The summed E-state index contributed by atoms with van der Waals surface area (Å²) >= 11 is 0. The largest absolute Gasteiger partial charge is 0.490 e. The molecule has 0 amide bonds. The average molecular weight is 206 g/mol. The van der Waals surface area contributed by atoms with Crippen LogP contribution in [0.1, 0.15) is 47.0 Å². The first-order valence-corrected chi connectivity index (χ1v) is 6.05. The summed E-state index contributed by atoms with van der Waals surface area (Å²) in [5.41, 5.74) is 2.84. The molecule has 0 saturated carbocycles. The van der Waals surface area contributed by atoms with E-state index < -0.39 is 0 Å². The zero-order valence-electron chi connectivity index (χ0n) is 10.3. The van der Waals surface area contributed by atoms with E-state index >= 15 is 0 Å². The van der Waals surface area contributed by atoms with E-state index in [9.17, 15) is 0 Å². The molecule has 0 bridgehead atoms. The predicted octanol–water partition coefficient (Wildman–Crippen LogP) is 4.37. The van der Waals surface area contributed by atoms with E-state index in [0.29, 0.717) is 6.10 Å². The lowest BCUT2D eigenvalue weighted by Crippen LogP contribution is -1.98. The Hall–Kier alpha value is -0.980. The molecule has 84 valence electrons. The van der Waals surface area contributed by atoms with Crippen LogP contribution in [0.5, 0.6) is 0 Å². The van der Waals surface area contributed by atoms with Crippen molar-refractivity contribution in [3.05, 3.63) is 35.1 Å². The fourth-order valence-electron chi connectivity index (χ4n) is 1.86. The average Bonchev–Trinajstić information content (AvgIpc) is 2.49. The van der Waals surface area contributed by atoms with E-state index in [0.717, 1.165) is 25.0 Å². The summed E-state index contributed by atoms with van der Waals surface area (Å²) in [5, 5.41) is 0. The van der Waals surface area contributed by atoms with Gasteiger partial charge in [-0.25, -0.2) is 0 Å². The molecule has 1 aliphatic carbocycles. The highest BCUT2D eigenvalue weighted by Crippen LogP contribution is 2.30. The fraction of sp³-hybridized carbons (Fsp3) is 0.571. The second-order valence-corrected chi connectivity index (χ2v) is 3.78. The molecule has 2 aliphatic rings. The minimum Gasteiger partial charge on any atom is -0.490 e. The summed E-state index contributed by atoms with van der Waals surface area (Å²) in [5.74, 6) is 1.11. The van der Waals surface area contributed by atoms with Crippen LogP contribution in [0, 0.1) is 0 Å². The Bertz CT molecular complexity index is 294. The van der Waals surface area contributed by atoms with Crippen molar-refractivity contribution in [2.24, 2.45) is 0 Å². The van der Waals surface area contributed by atoms with E-state index in [-0.39, 0.29) is 0 Å². The Morgan fingerprint density at radius 2 is 2.13 bits per heavy atom. The van der Waals surface area contributed by atoms with Crippen molar-refractivity contribution in [1.29, 1.82) is 0 Å². The van der Waals surface area contributed by atoms with Crippen molar-refractivity contribution in [1.82, 2.24) is 0 Å². The molecule has 1 nitrogen and oxygen atoms in total. The minimum absolute atomic E-state index is 0.363. The fourth-order valence-corrected chi connectivity index (χ4v) is 1.86. The topological polar surface area (TPSA) is 9.23 Å². The summed E-state index contributed by atoms with van der Waals surface area (Å²) in [4.78, 5) is 0. The quantitative estimate of drug-likeness (QED) is 0.619. The number of allylic oxidation sites excluding steroid dienone is 4. The van der Waals surface area contributed by atoms with Crippen LogP contribution in [0.15, 0.2) is 35.1 Å². The molecule has 2 rings (SSSR count). The molecule has 0 aromatic heterocycles. The second kappa shape index (κ2) is 5.79. The number of rotatable bonds is 1. The summed E-state index contributed by atoms with van der Waals surface area (Å²) in [6.45, 7) is 8.32. The number of hydrogen-bond donors (Lipinski definition) is 0. The van der Waals surface area contributed by atoms with Crippen LogP contribution in [-0.4, -0.2) is 6.10 Å². The van der Waals surface area contributed by atoms with Crippen LogP contribution in [0.3, 0.4) is 0 Å². The molecule has 1 heterocycles. The third kappa shape index (κ3) is 2.98. The molecular weight excluding hydrogens is 184 g/mol. The van der Waals surface area contributed by atoms with Crippen molar-refractivity contribution in [2.45, 2.75) is 53.1 Å². The predicted molar refractivity (Wildman–Crippen MR) is 65.7 cm³/mol. The first-order chi connectivity index (χ1) is 7.29. The molecular formula is C14H22O. The van der Waals surface area contributed by atoms with Gasteiger partial charge in [0.25, 0.3) is 0 Å². The smallest absolute Gasteiger partial charge is 0.122 e. The van der Waals surface area contributed by atoms with Gasteiger partial charge in [0.1, 0.15) is 11.9 Å². The van der Waals surface area contributed by atoms with Crippen LogP contribution in [0.4, 0.5) is 0 Å². The maximum Gasteiger partial charge on any atom is 0.122 e. The van der Waals surface area contributed by atoms with E-state index in [4.69, 9.17) is 4.74 Å². The molecule has 0 aromatic carbocycles. The van der Waals surface area contributed by atoms with Gasteiger partial charge < -0.3 is 4.74 Å². The SMILES string of the molecule is CC.CCC1=CC2=C(C=CC1)CC(C)O2. The Kier molecular flexibility index (Phi) is 4.67. The van der Waals surface area contributed by atoms with Gasteiger partial charge in [-0.3, -0.25) is 0 Å². The zero-order chi connectivity index (χ0) is 11.3. The van der Waals surface area contributed by atoms with Crippen molar-refractivity contribution in [3.8, 4) is 0 Å². The van der Waals surface area contributed by atoms with Gasteiger partial charge in [0.2, 0.25) is 0 Å². The van der Waals surface area contributed by atoms with E-state index in [1.165, 1.54) is 11.1 Å². The van der Waals surface area contributed by atoms with E-state index in [2.05, 4.69) is 32.1 Å². The molecule has 0 fully saturated rings. The second-order valence-electron chi connectivity index (χ2n) is 3.78. The van der Waals surface area contributed by atoms with Gasteiger partial charge in [0.05, 0.1) is 0 Å². The first-order valence-electron chi connectivity index (χ1n) is 6.05. The van der Waals surface area contributed by atoms with Crippen molar-refractivity contribution >= 4 is 0 Å². The van der Waals surface area contributed by atoms with Gasteiger partial charge in [-0.05, 0) is 31.4 Å². The van der Waals surface area contributed by atoms with Crippen LogP contribution in [0.2, 0.25) is 0 Å². The normalized spacial score (nSPS) is 23.5. The molecule has 1 unspecified atom stereocenters. The van der Waals surface area contributed by atoms with Crippen LogP contribution >= 0.6 is 0 Å². The molecule has 1 aliphatic heterocycles. The van der Waals surface area contributed by atoms with Gasteiger partial charge in [-0.1, -0.05) is 38.5 Å².